The Hall–Kier alpha value is -2.06. The molecule has 1 saturated heterocycles. The number of nitrogens with zero attached hydrogens (tertiary/aromatic N) is 1. The van der Waals surface area contributed by atoms with Gasteiger partial charge in [-0.05, 0) is 36.8 Å². The summed E-state index contributed by atoms with van der Waals surface area (Å²) in [5, 5.41) is 9.09. The van der Waals surface area contributed by atoms with Crippen LogP contribution in [0.15, 0.2) is 33.4 Å². The zero-order valence-electron chi connectivity index (χ0n) is 15.1. The Kier molecular flexibility index (Phi) is 5.96. The summed E-state index contributed by atoms with van der Waals surface area (Å²) >= 11 is 0.565. The zero-order valence-corrected chi connectivity index (χ0v) is 17.5. The first-order valence-corrected chi connectivity index (χ1v) is 12.0. The second-order valence-corrected chi connectivity index (χ2v) is 11.0. The quantitative estimate of drug-likeness (QED) is 0.666. The molecule has 1 aromatic carbocycles. The Morgan fingerprint density at radius 2 is 1.86 bits per heavy atom. The lowest BCUT2D eigenvalue weighted by Gasteiger charge is -2.26. The number of morpholine rings is 1. The van der Waals surface area contributed by atoms with Gasteiger partial charge in [0.2, 0.25) is 10.0 Å². The number of anilines is 1. The number of aryl methyl sites for hydroxylation is 1. The third-order valence-electron chi connectivity index (χ3n) is 4.13. The predicted molar refractivity (Wildman–Crippen MR) is 103 cm³/mol. The predicted octanol–water partition coefficient (Wildman–Crippen LogP) is 1.72. The summed E-state index contributed by atoms with van der Waals surface area (Å²) in [6.07, 6.45) is 0. The second-order valence-electron chi connectivity index (χ2n) is 6.15. The van der Waals surface area contributed by atoms with Gasteiger partial charge >= 0.3 is 5.97 Å². The normalized spacial score (nSPS) is 15.9. The van der Waals surface area contributed by atoms with Gasteiger partial charge in [0.1, 0.15) is 19.8 Å². The molecule has 1 fully saturated rings. The van der Waals surface area contributed by atoms with Crippen LogP contribution >= 0.6 is 11.3 Å². The number of halogens is 1. The Morgan fingerprint density at radius 1 is 1.21 bits per heavy atom. The number of hydrogen-bond acceptors (Lipinski definition) is 7. The molecule has 2 heterocycles. The Labute approximate surface area is 170 Å². The fraction of sp³-hybridized carbons (Fsp3) is 0.312. The molecule has 1 aliphatic rings. The fourth-order valence-electron chi connectivity index (χ4n) is 2.69. The van der Waals surface area contributed by atoms with Crippen molar-refractivity contribution in [3.05, 3.63) is 40.5 Å². The highest BCUT2D eigenvalue weighted by Gasteiger charge is 2.30. The van der Waals surface area contributed by atoms with Gasteiger partial charge in [0.05, 0.1) is 18.9 Å². The van der Waals surface area contributed by atoms with Crippen LogP contribution in [0.4, 0.5) is 10.1 Å². The molecule has 0 amide bonds. The van der Waals surface area contributed by atoms with Gasteiger partial charge < -0.3 is 9.84 Å². The molecule has 158 valence electrons. The lowest BCUT2D eigenvalue weighted by atomic mass is 10.3. The maximum absolute atomic E-state index is 14.2. The molecule has 0 spiro atoms. The van der Waals surface area contributed by atoms with Crippen molar-refractivity contribution in [2.45, 2.75) is 16.0 Å². The molecule has 2 N–H and O–H groups in total. The second kappa shape index (κ2) is 7.99. The topological polar surface area (TPSA) is 130 Å². The van der Waals surface area contributed by atoms with Crippen molar-refractivity contribution in [3.63, 3.8) is 0 Å². The van der Waals surface area contributed by atoms with Gasteiger partial charge in [0.25, 0.3) is 10.0 Å². The first-order valence-electron chi connectivity index (χ1n) is 8.26. The number of rotatable bonds is 6. The zero-order chi connectivity index (χ0) is 21.4. The molecule has 0 saturated carbocycles. The van der Waals surface area contributed by atoms with E-state index in [1.807, 2.05) is 0 Å². The summed E-state index contributed by atoms with van der Waals surface area (Å²) in [5.41, 5.74) is 0.110. The van der Waals surface area contributed by atoms with Gasteiger partial charge in [0.15, 0.2) is 0 Å². The standard InChI is InChI=1S/C16H17FN2O7S3/c1-10-8-14(27-15(10)16(20)21)28(22,23)18-11-2-3-12(17)13(9-11)29(24,25)19-4-6-26-7-5-19/h2-3,8-9,18H,4-7H2,1H3,(H,20,21). The number of sulfonamides is 2. The largest absolute Gasteiger partial charge is 0.477 e. The molecule has 9 nitrogen and oxygen atoms in total. The number of carbonyl (C=O) groups is 1. The molecule has 0 aliphatic carbocycles. The Balaban J connectivity index is 1.93. The molecular weight excluding hydrogens is 447 g/mol. The van der Waals surface area contributed by atoms with Crippen LogP contribution in [0.25, 0.3) is 0 Å². The van der Waals surface area contributed by atoms with Crippen LogP contribution in [0.2, 0.25) is 0 Å². The van der Waals surface area contributed by atoms with Crippen molar-refractivity contribution in [1.82, 2.24) is 4.31 Å². The van der Waals surface area contributed by atoms with Crippen LogP contribution in [-0.2, 0) is 24.8 Å². The molecule has 13 heteroatoms. The molecule has 2 aromatic rings. The maximum Gasteiger partial charge on any atom is 0.346 e. The third kappa shape index (κ3) is 4.43. The maximum atomic E-state index is 14.2. The first kappa shape index (κ1) is 21.6. The molecule has 0 atom stereocenters. The van der Waals surface area contributed by atoms with Crippen molar-refractivity contribution < 1.29 is 35.9 Å². The van der Waals surface area contributed by atoms with Gasteiger partial charge in [-0.15, -0.1) is 11.3 Å². The molecular formula is C16H17FN2O7S3. The number of carboxylic acids is 1. The van der Waals surface area contributed by atoms with Crippen LogP contribution in [0, 0.1) is 12.7 Å². The van der Waals surface area contributed by atoms with Crippen LogP contribution in [0.1, 0.15) is 15.2 Å². The SMILES string of the molecule is Cc1cc(S(=O)(=O)Nc2ccc(F)c(S(=O)(=O)N3CCOCC3)c2)sc1C(=O)O. The van der Waals surface area contributed by atoms with Gasteiger partial charge in [-0.3, -0.25) is 4.72 Å². The number of hydrogen-bond donors (Lipinski definition) is 2. The van der Waals surface area contributed by atoms with Crippen molar-refractivity contribution in [3.8, 4) is 0 Å². The highest BCUT2D eigenvalue weighted by atomic mass is 32.2. The third-order valence-corrected chi connectivity index (χ3v) is 9.12. The Morgan fingerprint density at radius 3 is 2.45 bits per heavy atom. The van der Waals surface area contributed by atoms with Crippen LogP contribution in [0.5, 0.6) is 0 Å². The van der Waals surface area contributed by atoms with Crippen LogP contribution < -0.4 is 4.72 Å². The van der Waals surface area contributed by atoms with E-state index in [0.29, 0.717) is 11.3 Å². The van der Waals surface area contributed by atoms with E-state index in [4.69, 9.17) is 9.84 Å². The number of thiophene rings is 1. The van der Waals surface area contributed by atoms with Crippen LogP contribution in [0.3, 0.4) is 0 Å². The molecule has 3 rings (SSSR count). The number of ether oxygens (including phenoxy) is 1. The summed E-state index contributed by atoms with van der Waals surface area (Å²) in [7, 11) is -8.38. The lowest BCUT2D eigenvalue weighted by molar-refractivity contribution is 0.0701. The number of carboxylic acid groups (broad SMARTS) is 1. The number of aromatic carboxylic acids is 1. The molecule has 1 aromatic heterocycles. The van der Waals surface area contributed by atoms with E-state index in [2.05, 4.69) is 4.72 Å². The minimum absolute atomic E-state index is 0.0597. The van der Waals surface area contributed by atoms with Crippen molar-refractivity contribution in [2.75, 3.05) is 31.0 Å². The average Bonchev–Trinajstić information content (AvgIpc) is 3.07. The van der Waals surface area contributed by atoms with Crippen LogP contribution in [-0.4, -0.2) is 58.5 Å². The lowest BCUT2D eigenvalue weighted by Crippen LogP contribution is -2.40. The van der Waals surface area contributed by atoms with Gasteiger partial charge in [-0.2, -0.15) is 4.31 Å². The minimum Gasteiger partial charge on any atom is -0.477 e. The van der Waals surface area contributed by atoms with Gasteiger partial charge in [-0.1, -0.05) is 0 Å². The number of nitrogens with one attached hydrogen (secondary N) is 1. The van der Waals surface area contributed by atoms with Crippen molar-refractivity contribution in [2.24, 2.45) is 0 Å². The van der Waals surface area contributed by atoms with E-state index in [1.165, 1.54) is 13.0 Å². The van der Waals surface area contributed by atoms with Crippen molar-refractivity contribution in [1.29, 1.82) is 0 Å². The minimum atomic E-state index is -4.19. The molecule has 1 aliphatic heterocycles. The van der Waals surface area contributed by atoms with Gasteiger partial charge in [0, 0.05) is 13.1 Å². The Bertz CT molecular complexity index is 1150. The summed E-state index contributed by atoms with van der Waals surface area (Å²) in [6.45, 7) is 1.94. The van der Waals surface area contributed by atoms with E-state index in [-0.39, 0.29) is 46.6 Å². The number of benzene rings is 1. The smallest absolute Gasteiger partial charge is 0.346 e. The van der Waals surface area contributed by atoms with E-state index < -0.39 is 36.7 Å². The van der Waals surface area contributed by atoms with E-state index in [0.717, 1.165) is 22.5 Å². The summed E-state index contributed by atoms with van der Waals surface area (Å²) in [6, 6.07) is 4.04. The molecule has 0 radical (unpaired) electrons. The van der Waals surface area contributed by atoms with E-state index in [9.17, 15) is 26.0 Å². The average molecular weight is 465 g/mol. The van der Waals surface area contributed by atoms with E-state index in [1.54, 1.807) is 0 Å². The molecule has 29 heavy (non-hydrogen) atoms. The fourth-order valence-corrected chi connectivity index (χ4v) is 6.62. The summed E-state index contributed by atoms with van der Waals surface area (Å²) in [5.74, 6) is -2.27. The first-order chi connectivity index (χ1) is 13.5. The highest BCUT2D eigenvalue weighted by molar-refractivity contribution is 7.94. The summed E-state index contributed by atoms with van der Waals surface area (Å²) < 4.78 is 72.9. The molecule has 0 bridgehead atoms. The monoisotopic (exact) mass is 464 g/mol. The highest BCUT2D eigenvalue weighted by Crippen LogP contribution is 2.29. The van der Waals surface area contributed by atoms with Crippen molar-refractivity contribution >= 4 is 43.0 Å². The molecule has 0 unspecified atom stereocenters. The summed E-state index contributed by atoms with van der Waals surface area (Å²) in [4.78, 5) is 10.4. The van der Waals surface area contributed by atoms with E-state index >= 15 is 0 Å². The van der Waals surface area contributed by atoms with Gasteiger partial charge in [-0.25, -0.2) is 26.0 Å².